The minimum Gasteiger partial charge on any atom is -0.384 e. The first-order valence-electron chi connectivity index (χ1n) is 17.5. The van der Waals surface area contributed by atoms with Crippen LogP contribution < -0.4 is 27.3 Å². The molecule has 0 spiro atoms. The third-order valence-corrected chi connectivity index (χ3v) is 9.13. The van der Waals surface area contributed by atoms with Gasteiger partial charge in [0.2, 0.25) is 12.5 Å². The van der Waals surface area contributed by atoms with Gasteiger partial charge in [-0.25, -0.2) is 18.4 Å². The molecule has 56 heavy (non-hydrogen) atoms. The number of carbonyl (C=O) groups is 2. The molecule has 19 heteroatoms. The molecule has 0 radical (unpaired) electrons. The number of alkyl halides is 4. The Balaban J connectivity index is 0.000000216. The van der Waals surface area contributed by atoms with Crippen LogP contribution in [0.2, 0.25) is 0 Å². The molecule has 4 aromatic rings. The summed E-state index contributed by atoms with van der Waals surface area (Å²) in [4.78, 5) is 56.1. The number of rotatable bonds is 12. The zero-order chi connectivity index (χ0) is 40.6. The van der Waals surface area contributed by atoms with Gasteiger partial charge in [0.05, 0.1) is 18.6 Å². The summed E-state index contributed by atoms with van der Waals surface area (Å²) >= 11 is 0. The van der Waals surface area contributed by atoms with Gasteiger partial charge in [0.1, 0.15) is 23.8 Å². The lowest BCUT2D eigenvalue weighted by atomic mass is 9.98. The summed E-state index contributed by atoms with van der Waals surface area (Å²) in [5.74, 6) is -8.97. The second-order valence-electron chi connectivity index (χ2n) is 12.9. The SMILES string of the molecule is CC[C@H]1O[C@@H](n2ccc(NC(=O)c3ccccc3)nc2=O)C(F)(F)[C@@H]1C.COCCNC[C@H]1O[C@@H](n2ccc(NC(=O)c3ccccc3)nc2=O)C(F)(F)[C@@H]1O. The molecule has 4 heterocycles. The van der Waals surface area contributed by atoms with E-state index in [4.69, 9.17) is 14.2 Å². The summed E-state index contributed by atoms with van der Waals surface area (Å²) < 4.78 is 74.8. The van der Waals surface area contributed by atoms with Crippen molar-refractivity contribution < 1.29 is 46.5 Å². The van der Waals surface area contributed by atoms with Crippen LogP contribution in [-0.2, 0) is 14.2 Å². The lowest BCUT2D eigenvalue weighted by Gasteiger charge is -2.21. The molecule has 4 N–H and O–H groups in total. The van der Waals surface area contributed by atoms with Crippen LogP contribution in [0.25, 0.3) is 0 Å². The largest absolute Gasteiger partial charge is 0.384 e. The number of nitrogens with one attached hydrogen (secondary N) is 3. The molecule has 2 amide bonds. The Hall–Kier alpha value is -5.34. The molecule has 0 saturated carbocycles. The molecule has 15 nitrogen and oxygen atoms in total. The van der Waals surface area contributed by atoms with Crippen LogP contribution in [0, 0.1) is 5.92 Å². The molecule has 0 unspecified atom stereocenters. The van der Waals surface area contributed by atoms with Gasteiger partial charge < -0.3 is 35.3 Å². The Morgan fingerprint density at radius 3 is 1.68 bits per heavy atom. The van der Waals surface area contributed by atoms with E-state index < -0.39 is 71.7 Å². The van der Waals surface area contributed by atoms with Gasteiger partial charge in [-0.2, -0.15) is 18.7 Å². The highest BCUT2D eigenvalue weighted by atomic mass is 19.3. The molecular weight excluding hydrogens is 746 g/mol. The molecule has 6 rings (SSSR count). The summed E-state index contributed by atoms with van der Waals surface area (Å²) in [6.45, 7) is 3.85. The van der Waals surface area contributed by atoms with E-state index in [1.54, 1.807) is 67.6 Å². The third-order valence-electron chi connectivity index (χ3n) is 9.13. The first-order chi connectivity index (χ1) is 26.7. The van der Waals surface area contributed by atoms with E-state index in [9.17, 15) is 41.8 Å². The van der Waals surface area contributed by atoms with E-state index >= 15 is 0 Å². The average Bonchev–Trinajstić information content (AvgIpc) is 3.55. The van der Waals surface area contributed by atoms with Crippen LogP contribution in [0.1, 0.15) is 53.4 Å². The van der Waals surface area contributed by atoms with E-state index in [-0.39, 0.29) is 18.2 Å². The minimum absolute atomic E-state index is 0.0125. The number of aliphatic hydroxyl groups is 1. The molecule has 0 aliphatic carbocycles. The summed E-state index contributed by atoms with van der Waals surface area (Å²) in [5, 5.41) is 17.7. The third kappa shape index (κ3) is 9.36. The normalized spacial score (nSPS) is 23.5. The van der Waals surface area contributed by atoms with Gasteiger partial charge in [-0.15, -0.1) is 0 Å². The van der Waals surface area contributed by atoms with Crippen molar-refractivity contribution in [2.75, 3.05) is 37.4 Å². The Labute approximate surface area is 317 Å². The number of carbonyl (C=O) groups excluding carboxylic acids is 2. The van der Waals surface area contributed by atoms with Gasteiger partial charge in [0.25, 0.3) is 17.7 Å². The fraction of sp³-hybridized carbons (Fsp3) is 0.405. The number of amides is 2. The molecule has 6 atom stereocenters. The number of aromatic nitrogens is 4. The van der Waals surface area contributed by atoms with E-state index in [1.807, 2.05) is 0 Å². The highest BCUT2D eigenvalue weighted by Gasteiger charge is 2.59. The molecule has 300 valence electrons. The van der Waals surface area contributed by atoms with Crippen molar-refractivity contribution in [2.24, 2.45) is 5.92 Å². The monoisotopic (exact) mass is 787 g/mol. The highest BCUT2D eigenvalue weighted by molar-refractivity contribution is 6.04. The number of benzene rings is 2. The Morgan fingerprint density at radius 2 is 1.25 bits per heavy atom. The van der Waals surface area contributed by atoms with Crippen molar-refractivity contribution >= 4 is 23.5 Å². The van der Waals surface area contributed by atoms with Crippen molar-refractivity contribution in [3.05, 3.63) is 117 Å². The maximum atomic E-state index is 14.5. The first kappa shape index (κ1) is 41.8. The van der Waals surface area contributed by atoms with Crippen molar-refractivity contribution in [2.45, 2.75) is 62.9 Å². The second kappa shape index (κ2) is 18.1. The smallest absolute Gasteiger partial charge is 0.351 e. The average molecular weight is 788 g/mol. The number of nitrogens with zero attached hydrogens (tertiary/aromatic N) is 4. The van der Waals surface area contributed by atoms with Gasteiger partial charge in [0.15, 0.2) is 0 Å². The van der Waals surface area contributed by atoms with Crippen LogP contribution in [0.15, 0.2) is 94.8 Å². The van der Waals surface area contributed by atoms with Crippen LogP contribution in [-0.4, -0.2) is 93.0 Å². The number of hydrogen-bond acceptors (Lipinski definition) is 11. The van der Waals surface area contributed by atoms with Crippen molar-refractivity contribution in [1.82, 2.24) is 24.4 Å². The van der Waals surface area contributed by atoms with Crippen molar-refractivity contribution in [3.63, 3.8) is 0 Å². The minimum atomic E-state index is -3.71. The molecular formula is C37H41F4N7O8. The van der Waals surface area contributed by atoms with E-state index in [1.165, 1.54) is 32.4 Å². The number of anilines is 2. The number of methoxy groups -OCH3 is 1. The summed E-state index contributed by atoms with van der Waals surface area (Å²) in [6, 6.07) is 19.1. The topological polar surface area (TPSA) is 188 Å². The van der Waals surface area contributed by atoms with Gasteiger partial charge in [-0.3, -0.25) is 18.7 Å². The van der Waals surface area contributed by atoms with Gasteiger partial charge in [0, 0.05) is 43.7 Å². The lowest BCUT2D eigenvalue weighted by Crippen LogP contribution is -2.43. The molecule has 2 saturated heterocycles. The standard InChI is InChI=1S/C19H22F2N4O5.C18H19F2N3O3/c1-29-10-8-22-11-13-15(26)19(20,21)17(30-13)25-9-7-14(24-18(25)28)23-16(27)12-5-3-2-4-6-12;1-3-13-11(2)18(19,20)16(26-13)23-10-9-14(22-17(23)25)21-15(24)12-7-5-4-6-8-12/h2-7,9,13,15,17,22,26H,8,10-11H2,1H3,(H,23,24,27,28);4-11,13,16H,3H2,1-2H3,(H,21,22,24,25)/t13-,15-,17-;11-,13-,16-/m11/s1. The molecule has 2 aliphatic heterocycles. The number of aliphatic hydroxyl groups excluding tert-OH is 1. The predicted molar refractivity (Wildman–Crippen MR) is 194 cm³/mol. The Bertz CT molecular complexity index is 2070. The summed E-state index contributed by atoms with van der Waals surface area (Å²) in [6.07, 6.45) is -5.09. The Kier molecular flexibility index (Phi) is 13.5. The van der Waals surface area contributed by atoms with Crippen LogP contribution >= 0.6 is 0 Å². The summed E-state index contributed by atoms with van der Waals surface area (Å²) in [5.41, 5.74) is -1.22. The molecule has 2 aromatic carbocycles. The molecule has 2 aromatic heterocycles. The molecule has 2 fully saturated rings. The van der Waals surface area contributed by atoms with Crippen LogP contribution in [0.4, 0.5) is 29.2 Å². The zero-order valence-electron chi connectivity index (χ0n) is 30.5. The van der Waals surface area contributed by atoms with Crippen LogP contribution in [0.3, 0.4) is 0 Å². The second-order valence-corrected chi connectivity index (χ2v) is 12.9. The zero-order valence-corrected chi connectivity index (χ0v) is 30.5. The van der Waals surface area contributed by atoms with Gasteiger partial charge in [-0.1, -0.05) is 50.2 Å². The summed E-state index contributed by atoms with van der Waals surface area (Å²) in [7, 11) is 1.50. The molecule has 2 aliphatic rings. The van der Waals surface area contributed by atoms with Gasteiger partial charge in [-0.05, 0) is 42.8 Å². The number of halogens is 4. The van der Waals surface area contributed by atoms with Crippen LogP contribution in [0.5, 0.6) is 0 Å². The maximum Gasteiger partial charge on any atom is 0.351 e. The van der Waals surface area contributed by atoms with E-state index in [0.717, 1.165) is 10.8 Å². The van der Waals surface area contributed by atoms with E-state index in [2.05, 4.69) is 25.9 Å². The fourth-order valence-corrected chi connectivity index (χ4v) is 5.98. The number of hydrogen-bond donors (Lipinski definition) is 4. The van der Waals surface area contributed by atoms with E-state index in [0.29, 0.717) is 35.3 Å². The first-order valence-corrected chi connectivity index (χ1v) is 17.5. The van der Waals surface area contributed by atoms with Crippen molar-refractivity contribution in [3.8, 4) is 0 Å². The fourth-order valence-electron chi connectivity index (χ4n) is 5.98. The quantitative estimate of drug-likeness (QED) is 0.121. The lowest BCUT2D eigenvalue weighted by molar-refractivity contribution is -0.140. The number of ether oxygens (including phenoxy) is 3. The highest BCUT2D eigenvalue weighted by Crippen LogP contribution is 2.47. The molecule has 0 bridgehead atoms. The predicted octanol–water partition coefficient (Wildman–Crippen LogP) is 3.70. The Morgan fingerprint density at radius 1 is 0.786 bits per heavy atom. The maximum absolute atomic E-state index is 14.5. The van der Waals surface area contributed by atoms with Crippen molar-refractivity contribution in [1.29, 1.82) is 0 Å². The van der Waals surface area contributed by atoms with Gasteiger partial charge >= 0.3 is 17.3 Å².